The first-order valence-electron chi connectivity index (χ1n) is 6.22. The maximum absolute atomic E-state index is 11.9. The second-order valence-electron chi connectivity index (χ2n) is 5.41. The summed E-state index contributed by atoms with van der Waals surface area (Å²) in [6.07, 6.45) is 0.510. The number of nitriles is 1. The maximum atomic E-state index is 11.9. The van der Waals surface area contributed by atoms with E-state index in [1.54, 1.807) is 6.07 Å². The van der Waals surface area contributed by atoms with Crippen molar-refractivity contribution in [3.05, 3.63) is 28.8 Å². The smallest absolute Gasteiger partial charge is 0.338 e. The largest absolute Gasteiger partial charge is 0.462 e. The fraction of sp³-hybridized carbons (Fsp3) is 0.467. The van der Waals surface area contributed by atoms with Crippen LogP contribution in [0, 0.1) is 30.6 Å². The Balaban J connectivity index is 2.70. The van der Waals surface area contributed by atoms with E-state index in [-0.39, 0.29) is 6.61 Å². The topological polar surface area (TPSA) is 76.1 Å². The van der Waals surface area contributed by atoms with Gasteiger partial charge in [-0.25, -0.2) is 4.79 Å². The first-order valence-corrected chi connectivity index (χ1v) is 6.22. The van der Waals surface area contributed by atoms with Crippen molar-refractivity contribution in [2.45, 2.75) is 34.1 Å². The molecule has 0 aliphatic rings. The fourth-order valence-electron chi connectivity index (χ4n) is 1.62. The van der Waals surface area contributed by atoms with Crippen molar-refractivity contribution >= 4 is 11.7 Å². The van der Waals surface area contributed by atoms with E-state index in [1.165, 1.54) is 0 Å². The van der Waals surface area contributed by atoms with E-state index in [9.17, 15) is 4.79 Å². The molecule has 0 saturated heterocycles. The third-order valence-electron chi connectivity index (χ3n) is 3.10. The standard InChI is InChI=1S/C15H20N2O2/c1-10-7-11(2)13(17)8-12(10)14(18)19-6-5-15(3,4)9-16/h7-8H,5-6,17H2,1-4H3. The Hall–Kier alpha value is -2.02. The van der Waals surface area contributed by atoms with E-state index < -0.39 is 11.4 Å². The van der Waals surface area contributed by atoms with Crippen LogP contribution in [0.1, 0.15) is 41.8 Å². The van der Waals surface area contributed by atoms with E-state index in [2.05, 4.69) is 6.07 Å². The number of ether oxygens (including phenoxy) is 1. The van der Waals surface area contributed by atoms with Gasteiger partial charge in [0.05, 0.1) is 23.7 Å². The predicted molar refractivity (Wildman–Crippen MR) is 74.6 cm³/mol. The number of rotatable bonds is 4. The molecule has 4 nitrogen and oxygen atoms in total. The lowest BCUT2D eigenvalue weighted by Crippen LogP contribution is -2.15. The van der Waals surface area contributed by atoms with Gasteiger partial charge in [-0.1, -0.05) is 6.07 Å². The zero-order chi connectivity index (χ0) is 14.6. The molecular weight excluding hydrogens is 240 g/mol. The average molecular weight is 260 g/mol. The number of carbonyl (C=O) groups is 1. The van der Waals surface area contributed by atoms with Crippen LogP contribution in [0.15, 0.2) is 12.1 Å². The molecule has 0 aliphatic heterocycles. The van der Waals surface area contributed by atoms with Crippen molar-refractivity contribution in [3.8, 4) is 6.07 Å². The van der Waals surface area contributed by atoms with Gasteiger partial charge in [-0.2, -0.15) is 5.26 Å². The molecule has 4 heteroatoms. The van der Waals surface area contributed by atoms with Crippen LogP contribution in [0.25, 0.3) is 0 Å². The molecule has 0 unspecified atom stereocenters. The minimum Gasteiger partial charge on any atom is -0.462 e. The minimum atomic E-state index is -0.484. The summed E-state index contributed by atoms with van der Waals surface area (Å²) < 4.78 is 5.20. The molecule has 0 bridgehead atoms. The van der Waals surface area contributed by atoms with Gasteiger partial charge in [0.15, 0.2) is 0 Å². The first kappa shape index (κ1) is 15.0. The number of nitrogens with two attached hydrogens (primary N) is 1. The van der Waals surface area contributed by atoms with Crippen molar-refractivity contribution < 1.29 is 9.53 Å². The van der Waals surface area contributed by atoms with Gasteiger partial charge in [-0.3, -0.25) is 0 Å². The summed E-state index contributed by atoms with van der Waals surface area (Å²) in [5.41, 5.74) is 8.16. The molecule has 2 N–H and O–H groups in total. The predicted octanol–water partition coefficient (Wildman–Crippen LogP) is 2.98. The second-order valence-corrected chi connectivity index (χ2v) is 5.41. The molecule has 0 radical (unpaired) electrons. The van der Waals surface area contributed by atoms with Gasteiger partial charge in [-0.05, 0) is 51.3 Å². The number of esters is 1. The Morgan fingerprint density at radius 2 is 2.00 bits per heavy atom. The summed E-state index contributed by atoms with van der Waals surface area (Å²) in [5, 5.41) is 8.88. The van der Waals surface area contributed by atoms with Gasteiger partial charge in [0.2, 0.25) is 0 Å². The molecule has 0 saturated carbocycles. The summed E-state index contributed by atoms with van der Waals surface area (Å²) >= 11 is 0. The average Bonchev–Trinajstić information content (AvgIpc) is 2.33. The van der Waals surface area contributed by atoms with Crippen LogP contribution in [0.4, 0.5) is 5.69 Å². The molecule has 0 heterocycles. The van der Waals surface area contributed by atoms with Gasteiger partial charge >= 0.3 is 5.97 Å². The van der Waals surface area contributed by atoms with Crippen LogP contribution in [0.5, 0.6) is 0 Å². The molecule has 19 heavy (non-hydrogen) atoms. The Morgan fingerprint density at radius 3 is 2.58 bits per heavy atom. The summed E-state index contributed by atoms with van der Waals surface area (Å²) in [6, 6.07) is 5.68. The number of anilines is 1. The SMILES string of the molecule is Cc1cc(C)c(C(=O)OCCC(C)(C)C#N)cc1N. The van der Waals surface area contributed by atoms with E-state index in [1.807, 2.05) is 33.8 Å². The number of benzene rings is 1. The van der Waals surface area contributed by atoms with E-state index in [4.69, 9.17) is 15.7 Å². The van der Waals surface area contributed by atoms with Crippen LogP contribution < -0.4 is 5.73 Å². The molecule has 0 fully saturated rings. The van der Waals surface area contributed by atoms with Crippen molar-refractivity contribution in [2.24, 2.45) is 5.41 Å². The molecule has 1 aromatic carbocycles. The summed E-state index contributed by atoms with van der Waals surface area (Å²) in [4.78, 5) is 11.9. The highest BCUT2D eigenvalue weighted by molar-refractivity contribution is 5.92. The third kappa shape index (κ3) is 3.99. The molecular formula is C15H20N2O2. The lowest BCUT2D eigenvalue weighted by atomic mass is 9.92. The fourth-order valence-corrected chi connectivity index (χ4v) is 1.62. The van der Waals surface area contributed by atoms with Crippen molar-refractivity contribution in [2.75, 3.05) is 12.3 Å². The van der Waals surface area contributed by atoms with Crippen molar-refractivity contribution in [1.82, 2.24) is 0 Å². The highest BCUT2D eigenvalue weighted by Crippen LogP contribution is 2.21. The molecule has 102 valence electrons. The van der Waals surface area contributed by atoms with E-state index in [0.29, 0.717) is 17.7 Å². The van der Waals surface area contributed by atoms with Gasteiger partial charge < -0.3 is 10.5 Å². The number of nitrogen functional groups attached to an aromatic ring is 1. The minimum absolute atomic E-state index is 0.229. The van der Waals surface area contributed by atoms with Gasteiger partial charge in [0.1, 0.15) is 0 Å². The first-order chi connectivity index (χ1) is 8.76. The highest BCUT2D eigenvalue weighted by Gasteiger charge is 2.18. The maximum Gasteiger partial charge on any atom is 0.338 e. The van der Waals surface area contributed by atoms with Gasteiger partial charge in [0.25, 0.3) is 0 Å². The second kappa shape index (κ2) is 5.75. The number of nitrogens with zero attached hydrogens (tertiary/aromatic N) is 1. The molecule has 0 aromatic heterocycles. The molecule has 0 amide bonds. The third-order valence-corrected chi connectivity index (χ3v) is 3.10. The van der Waals surface area contributed by atoms with Crippen LogP contribution in [0.2, 0.25) is 0 Å². The zero-order valence-electron chi connectivity index (χ0n) is 11.9. The van der Waals surface area contributed by atoms with E-state index >= 15 is 0 Å². The van der Waals surface area contributed by atoms with Crippen LogP contribution in [-0.2, 0) is 4.74 Å². The summed E-state index contributed by atoms with van der Waals surface area (Å²) in [6.45, 7) is 7.60. The highest BCUT2D eigenvalue weighted by atomic mass is 16.5. The van der Waals surface area contributed by atoms with Crippen LogP contribution >= 0.6 is 0 Å². The monoisotopic (exact) mass is 260 g/mol. The Kier molecular flexibility index (Phi) is 4.55. The number of hydrogen-bond acceptors (Lipinski definition) is 4. The Labute approximate surface area is 114 Å². The normalized spacial score (nSPS) is 10.9. The molecule has 1 aromatic rings. The molecule has 0 spiro atoms. The Bertz CT molecular complexity index is 528. The zero-order valence-corrected chi connectivity index (χ0v) is 11.9. The Morgan fingerprint density at radius 1 is 1.37 bits per heavy atom. The summed E-state index contributed by atoms with van der Waals surface area (Å²) in [5.74, 6) is -0.391. The molecule has 0 atom stereocenters. The van der Waals surface area contributed by atoms with Crippen molar-refractivity contribution in [1.29, 1.82) is 5.26 Å². The number of aryl methyl sites for hydroxylation is 2. The van der Waals surface area contributed by atoms with Gasteiger partial charge in [-0.15, -0.1) is 0 Å². The van der Waals surface area contributed by atoms with Crippen molar-refractivity contribution in [3.63, 3.8) is 0 Å². The molecule has 1 rings (SSSR count). The quantitative estimate of drug-likeness (QED) is 0.667. The van der Waals surface area contributed by atoms with Gasteiger partial charge in [0, 0.05) is 5.69 Å². The van der Waals surface area contributed by atoms with E-state index in [0.717, 1.165) is 11.1 Å². The molecule has 0 aliphatic carbocycles. The number of carbonyl (C=O) groups excluding carboxylic acids is 1. The lowest BCUT2D eigenvalue weighted by molar-refractivity contribution is 0.0474. The van der Waals surface area contributed by atoms with Crippen LogP contribution in [-0.4, -0.2) is 12.6 Å². The summed E-state index contributed by atoms with van der Waals surface area (Å²) in [7, 11) is 0. The lowest BCUT2D eigenvalue weighted by Gasteiger charge is -2.15. The number of hydrogen-bond donors (Lipinski definition) is 1. The van der Waals surface area contributed by atoms with Crippen LogP contribution in [0.3, 0.4) is 0 Å².